The third kappa shape index (κ3) is 4.18. The zero-order chi connectivity index (χ0) is 20.9. The van der Waals surface area contributed by atoms with Crippen molar-refractivity contribution in [2.24, 2.45) is 5.92 Å². The Morgan fingerprint density at radius 3 is 2.37 bits per heavy atom. The van der Waals surface area contributed by atoms with E-state index in [0.717, 1.165) is 28.1 Å². The van der Waals surface area contributed by atoms with Gasteiger partial charge < -0.3 is 14.8 Å². The number of ether oxygens (including phenoxy) is 2. The Morgan fingerprint density at radius 2 is 1.67 bits per heavy atom. The quantitative estimate of drug-likeness (QED) is 0.563. The highest BCUT2D eigenvalue weighted by atomic mass is 16.5. The fourth-order valence-corrected chi connectivity index (χ4v) is 4.20. The fourth-order valence-electron chi connectivity index (χ4n) is 4.20. The molecule has 3 aromatic rings. The number of esters is 1. The highest BCUT2D eigenvalue weighted by molar-refractivity contribution is 5.79. The molecule has 0 unspecified atom stereocenters. The molecule has 0 bridgehead atoms. The molecule has 4 heteroatoms. The number of fused-ring (bicyclic) bond motifs is 1. The first kappa shape index (κ1) is 20.0. The Labute approximate surface area is 177 Å². The van der Waals surface area contributed by atoms with Gasteiger partial charge in [-0.15, -0.1) is 0 Å². The van der Waals surface area contributed by atoms with Gasteiger partial charge in [0.1, 0.15) is 12.4 Å². The zero-order valence-corrected chi connectivity index (χ0v) is 17.4. The van der Waals surface area contributed by atoms with E-state index in [1.165, 1.54) is 0 Å². The minimum atomic E-state index is -0.316. The summed E-state index contributed by atoms with van der Waals surface area (Å²) in [6, 6.07) is 26.3. The van der Waals surface area contributed by atoms with Crippen LogP contribution in [0, 0.1) is 5.92 Å². The molecular weight excluding hydrogens is 374 g/mol. The summed E-state index contributed by atoms with van der Waals surface area (Å²) < 4.78 is 11.5. The number of nitrogens with one attached hydrogen (secondary N) is 1. The maximum absolute atomic E-state index is 12.9. The van der Waals surface area contributed by atoms with Crippen LogP contribution in [0.1, 0.15) is 36.5 Å². The molecule has 0 spiro atoms. The van der Waals surface area contributed by atoms with E-state index in [-0.39, 0.29) is 23.8 Å². The Hall–Kier alpha value is -3.27. The smallest absolute Gasteiger partial charge is 0.311 e. The van der Waals surface area contributed by atoms with E-state index in [0.29, 0.717) is 13.2 Å². The van der Waals surface area contributed by atoms with Gasteiger partial charge in [0.15, 0.2) is 0 Å². The van der Waals surface area contributed by atoms with Gasteiger partial charge in [-0.2, -0.15) is 0 Å². The molecule has 1 aliphatic heterocycles. The van der Waals surface area contributed by atoms with E-state index in [1.807, 2.05) is 74.5 Å². The highest BCUT2D eigenvalue weighted by Crippen LogP contribution is 2.44. The number of carbonyl (C=O) groups excluding carboxylic acids is 1. The molecule has 0 radical (unpaired) electrons. The molecule has 0 saturated heterocycles. The largest absolute Gasteiger partial charge is 0.489 e. The summed E-state index contributed by atoms with van der Waals surface area (Å²) in [6.07, 6.45) is 0. The molecule has 3 atom stereocenters. The van der Waals surface area contributed by atoms with Crippen LogP contribution in [0.5, 0.6) is 5.75 Å². The number of carbonyl (C=O) groups is 1. The average molecular weight is 402 g/mol. The molecular formula is C26H27NO3. The number of hydrogen-bond acceptors (Lipinski definition) is 4. The van der Waals surface area contributed by atoms with Gasteiger partial charge in [0, 0.05) is 17.6 Å². The van der Waals surface area contributed by atoms with Crippen molar-refractivity contribution in [2.45, 2.75) is 32.4 Å². The predicted molar refractivity (Wildman–Crippen MR) is 119 cm³/mol. The molecule has 0 aromatic heterocycles. The summed E-state index contributed by atoms with van der Waals surface area (Å²) in [7, 11) is 0. The van der Waals surface area contributed by atoms with Gasteiger partial charge in [-0.3, -0.25) is 4.79 Å². The first-order chi connectivity index (χ1) is 14.7. The minimum absolute atomic E-state index is 0.0437. The normalized spacial score (nSPS) is 20.0. The van der Waals surface area contributed by atoms with Crippen molar-refractivity contribution in [1.82, 2.24) is 0 Å². The Kier molecular flexibility index (Phi) is 6.03. The summed E-state index contributed by atoms with van der Waals surface area (Å²) in [6.45, 7) is 4.76. The molecule has 0 saturated carbocycles. The van der Waals surface area contributed by atoms with Crippen LogP contribution in [0.15, 0.2) is 78.9 Å². The van der Waals surface area contributed by atoms with Crippen molar-refractivity contribution >= 4 is 11.7 Å². The molecule has 0 fully saturated rings. The third-order valence-electron chi connectivity index (χ3n) is 5.60. The Morgan fingerprint density at radius 1 is 0.967 bits per heavy atom. The van der Waals surface area contributed by atoms with E-state index < -0.39 is 0 Å². The van der Waals surface area contributed by atoms with Crippen LogP contribution in [0.3, 0.4) is 0 Å². The van der Waals surface area contributed by atoms with Crippen LogP contribution >= 0.6 is 0 Å². The van der Waals surface area contributed by atoms with E-state index >= 15 is 0 Å². The number of benzene rings is 3. The molecule has 154 valence electrons. The number of anilines is 1. The van der Waals surface area contributed by atoms with Gasteiger partial charge in [-0.1, -0.05) is 60.7 Å². The fraction of sp³-hybridized carbons (Fsp3) is 0.269. The zero-order valence-electron chi connectivity index (χ0n) is 17.4. The standard InChI is InChI=1S/C26H27NO3/c1-3-29-26(28)24-18(2)27-23-15-14-21(30-17-19-10-6-4-7-11-19)16-22(23)25(24)20-12-8-5-9-13-20/h4-16,18,24-25,27H,3,17H2,1-2H3/t18-,24-,25-/m1/s1. The Bertz CT molecular complexity index is 988. The van der Waals surface area contributed by atoms with Gasteiger partial charge in [0.2, 0.25) is 0 Å². The van der Waals surface area contributed by atoms with Gasteiger partial charge >= 0.3 is 5.97 Å². The SMILES string of the molecule is CCOC(=O)[C@H]1[C@H](c2ccccc2)c2cc(OCc3ccccc3)ccc2N[C@@H]1C. The van der Waals surface area contributed by atoms with Crippen LogP contribution < -0.4 is 10.1 Å². The average Bonchev–Trinajstić information content (AvgIpc) is 2.78. The first-order valence-electron chi connectivity index (χ1n) is 10.5. The van der Waals surface area contributed by atoms with Gasteiger partial charge in [0.25, 0.3) is 0 Å². The van der Waals surface area contributed by atoms with Crippen LogP contribution in [0.2, 0.25) is 0 Å². The van der Waals surface area contributed by atoms with Crippen LogP contribution in [-0.4, -0.2) is 18.6 Å². The van der Waals surface area contributed by atoms with Gasteiger partial charge in [-0.25, -0.2) is 0 Å². The summed E-state index contributed by atoms with van der Waals surface area (Å²) in [5.41, 5.74) is 4.31. The van der Waals surface area contributed by atoms with Crippen molar-refractivity contribution in [3.63, 3.8) is 0 Å². The molecule has 4 rings (SSSR count). The van der Waals surface area contributed by atoms with Gasteiger partial charge in [0.05, 0.1) is 12.5 Å². The topological polar surface area (TPSA) is 47.6 Å². The summed E-state index contributed by atoms with van der Waals surface area (Å²) in [4.78, 5) is 12.9. The third-order valence-corrected chi connectivity index (χ3v) is 5.60. The summed E-state index contributed by atoms with van der Waals surface area (Å²) in [5.74, 6) is 0.200. The summed E-state index contributed by atoms with van der Waals surface area (Å²) >= 11 is 0. The van der Waals surface area contributed by atoms with E-state index in [1.54, 1.807) is 0 Å². The van der Waals surface area contributed by atoms with Crippen LogP contribution in [0.4, 0.5) is 5.69 Å². The second kappa shape index (κ2) is 9.04. The van der Waals surface area contributed by atoms with Crippen molar-refractivity contribution < 1.29 is 14.3 Å². The monoisotopic (exact) mass is 401 g/mol. The minimum Gasteiger partial charge on any atom is -0.489 e. The predicted octanol–water partition coefficient (Wildman–Crippen LogP) is 5.39. The van der Waals surface area contributed by atoms with Crippen molar-refractivity contribution in [3.05, 3.63) is 95.6 Å². The molecule has 3 aromatic carbocycles. The molecule has 1 aliphatic rings. The van der Waals surface area contributed by atoms with Crippen molar-refractivity contribution in [2.75, 3.05) is 11.9 Å². The van der Waals surface area contributed by atoms with E-state index in [9.17, 15) is 4.79 Å². The lowest BCUT2D eigenvalue weighted by atomic mass is 9.74. The lowest BCUT2D eigenvalue weighted by Crippen LogP contribution is -2.42. The second-order valence-electron chi connectivity index (χ2n) is 7.62. The molecule has 1 heterocycles. The number of hydrogen-bond donors (Lipinski definition) is 1. The van der Waals surface area contributed by atoms with Crippen molar-refractivity contribution in [3.8, 4) is 5.75 Å². The van der Waals surface area contributed by atoms with Crippen molar-refractivity contribution in [1.29, 1.82) is 0 Å². The van der Waals surface area contributed by atoms with Gasteiger partial charge in [-0.05, 0) is 48.7 Å². The molecule has 4 nitrogen and oxygen atoms in total. The Balaban J connectivity index is 1.70. The molecule has 0 aliphatic carbocycles. The molecule has 30 heavy (non-hydrogen) atoms. The van der Waals surface area contributed by atoms with Crippen LogP contribution in [-0.2, 0) is 16.1 Å². The molecule has 0 amide bonds. The van der Waals surface area contributed by atoms with E-state index in [2.05, 4.69) is 23.5 Å². The highest BCUT2D eigenvalue weighted by Gasteiger charge is 2.41. The lowest BCUT2D eigenvalue weighted by molar-refractivity contribution is -0.149. The number of rotatable bonds is 6. The lowest BCUT2D eigenvalue weighted by Gasteiger charge is -2.38. The second-order valence-corrected chi connectivity index (χ2v) is 7.62. The first-order valence-corrected chi connectivity index (χ1v) is 10.5. The van der Waals surface area contributed by atoms with Crippen LogP contribution in [0.25, 0.3) is 0 Å². The van der Waals surface area contributed by atoms with E-state index in [4.69, 9.17) is 9.47 Å². The maximum atomic E-state index is 12.9. The summed E-state index contributed by atoms with van der Waals surface area (Å²) in [5, 5.41) is 3.49. The maximum Gasteiger partial charge on any atom is 0.311 e. The molecule has 1 N–H and O–H groups in total.